The van der Waals surface area contributed by atoms with E-state index in [1.54, 1.807) is 31.4 Å². The predicted molar refractivity (Wildman–Crippen MR) is 82.4 cm³/mol. The minimum Gasteiger partial charge on any atom is -0.383 e. The van der Waals surface area contributed by atoms with Crippen LogP contribution in [-0.2, 0) is 9.53 Å². The number of nitrogens with one attached hydrogen (secondary N) is 3. The molecule has 0 aliphatic carbocycles. The Bertz CT molecular complexity index is 458. The molecule has 3 N–H and O–H groups in total. The smallest absolute Gasteiger partial charge is 0.251 e. The Kier molecular flexibility index (Phi) is 7.25. The van der Waals surface area contributed by atoms with Crippen molar-refractivity contribution in [1.29, 1.82) is 0 Å². The van der Waals surface area contributed by atoms with E-state index < -0.39 is 0 Å². The Labute approximate surface area is 125 Å². The van der Waals surface area contributed by atoms with Crippen molar-refractivity contribution in [3.05, 3.63) is 29.8 Å². The van der Waals surface area contributed by atoms with Crippen LogP contribution < -0.4 is 16.0 Å². The Morgan fingerprint density at radius 1 is 1.19 bits per heavy atom. The maximum atomic E-state index is 11.8. The second kappa shape index (κ2) is 8.97. The molecule has 0 saturated heterocycles. The van der Waals surface area contributed by atoms with E-state index in [0.717, 1.165) is 5.69 Å². The Balaban J connectivity index is 2.40. The standard InChI is InChI=1S/C15H23N3O3/c1-11(2)18-15(20)12-4-6-13(7-5-12)17-10-14(19)16-8-9-21-3/h4-7,11,17H,8-10H2,1-3H3,(H,16,19)(H,18,20). The molecule has 0 spiro atoms. The van der Waals surface area contributed by atoms with E-state index in [-0.39, 0.29) is 24.4 Å². The number of ether oxygens (including phenoxy) is 1. The number of amides is 2. The molecule has 0 fully saturated rings. The molecule has 0 aliphatic rings. The number of rotatable bonds is 8. The van der Waals surface area contributed by atoms with Crippen LogP contribution in [0, 0.1) is 0 Å². The summed E-state index contributed by atoms with van der Waals surface area (Å²) < 4.78 is 4.84. The summed E-state index contributed by atoms with van der Waals surface area (Å²) in [6.07, 6.45) is 0. The largest absolute Gasteiger partial charge is 0.383 e. The number of anilines is 1. The van der Waals surface area contributed by atoms with Gasteiger partial charge in [-0.1, -0.05) is 0 Å². The maximum absolute atomic E-state index is 11.8. The molecule has 116 valence electrons. The van der Waals surface area contributed by atoms with Crippen molar-refractivity contribution in [2.24, 2.45) is 0 Å². The van der Waals surface area contributed by atoms with Crippen LogP contribution in [-0.4, -0.2) is 44.7 Å². The summed E-state index contributed by atoms with van der Waals surface area (Å²) in [7, 11) is 1.58. The van der Waals surface area contributed by atoms with E-state index in [1.807, 2.05) is 13.8 Å². The zero-order chi connectivity index (χ0) is 15.7. The van der Waals surface area contributed by atoms with Gasteiger partial charge in [-0.15, -0.1) is 0 Å². The van der Waals surface area contributed by atoms with Crippen LogP contribution in [0.3, 0.4) is 0 Å². The maximum Gasteiger partial charge on any atom is 0.251 e. The lowest BCUT2D eigenvalue weighted by Gasteiger charge is -2.10. The highest BCUT2D eigenvalue weighted by Crippen LogP contribution is 2.09. The van der Waals surface area contributed by atoms with E-state index in [4.69, 9.17) is 4.74 Å². The van der Waals surface area contributed by atoms with Gasteiger partial charge in [0.15, 0.2) is 0 Å². The molecule has 6 heteroatoms. The number of benzene rings is 1. The first-order chi connectivity index (χ1) is 10.0. The molecule has 0 atom stereocenters. The molecule has 1 rings (SSSR count). The van der Waals surface area contributed by atoms with Crippen molar-refractivity contribution in [1.82, 2.24) is 10.6 Å². The molecule has 0 aromatic heterocycles. The van der Waals surface area contributed by atoms with Crippen molar-refractivity contribution in [3.8, 4) is 0 Å². The second-order valence-electron chi connectivity index (χ2n) is 4.90. The van der Waals surface area contributed by atoms with Crippen molar-refractivity contribution < 1.29 is 14.3 Å². The summed E-state index contributed by atoms with van der Waals surface area (Å²) in [6.45, 7) is 4.99. The fourth-order valence-corrected chi connectivity index (χ4v) is 1.62. The molecule has 0 heterocycles. The molecule has 2 amide bonds. The van der Waals surface area contributed by atoms with Gasteiger partial charge in [-0.25, -0.2) is 0 Å². The Hall–Kier alpha value is -2.08. The van der Waals surface area contributed by atoms with Crippen LogP contribution in [0.1, 0.15) is 24.2 Å². The number of carbonyl (C=O) groups is 2. The first-order valence-corrected chi connectivity index (χ1v) is 6.93. The minimum absolute atomic E-state index is 0.103. The molecule has 0 aliphatic heterocycles. The van der Waals surface area contributed by atoms with Gasteiger partial charge in [-0.05, 0) is 38.1 Å². The molecular weight excluding hydrogens is 270 g/mol. The van der Waals surface area contributed by atoms with Gasteiger partial charge < -0.3 is 20.7 Å². The summed E-state index contributed by atoms with van der Waals surface area (Å²) in [6, 6.07) is 7.10. The fourth-order valence-electron chi connectivity index (χ4n) is 1.62. The molecule has 0 saturated carbocycles. The summed E-state index contributed by atoms with van der Waals surface area (Å²) in [5.74, 6) is -0.206. The van der Waals surface area contributed by atoms with Gasteiger partial charge in [0.05, 0.1) is 13.2 Å². The fraction of sp³-hybridized carbons (Fsp3) is 0.467. The average Bonchev–Trinajstić information content (AvgIpc) is 2.45. The van der Waals surface area contributed by atoms with Gasteiger partial charge in [0, 0.05) is 30.9 Å². The third-order valence-electron chi connectivity index (χ3n) is 2.65. The van der Waals surface area contributed by atoms with Gasteiger partial charge >= 0.3 is 0 Å². The monoisotopic (exact) mass is 293 g/mol. The highest BCUT2D eigenvalue weighted by Gasteiger charge is 2.06. The van der Waals surface area contributed by atoms with Crippen molar-refractivity contribution in [2.75, 3.05) is 32.1 Å². The van der Waals surface area contributed by atoms with Crippen molar-refractivity contribution in [3.63, 3.8) is 0 Å². The molecule has 0 radical (unpaired) electrons. The molecule has 0 bridgehead atoms. The summed E-state index contributed by atoms with van der Waals surface area (Å²) in [4.78, 5) is 23.3. The normalized spacial score (nSPS) is 10.3. The van der Waals surface area contributed by atoms with Gasteiger partial charge in [-0.2, -0.15) is 0 Å². The second-order valence-corrected chi connectivity index (χ2v) is 4.90. The highest BCUT2D eigenvalue weighted by atomic mass is 16.5. The van der Waals surface area contributed by atoms with Crippen LogP contribution in [0.15, 0.2) is 24.3 Å². The molecule has 21 heavy (non-hydrogen) atoms. The minimum atomic E-state index is -0.103. The number of methoxy groups -OCH3 is 1. The summed E-state index contributed by atoms with van der Waals surface area (Å²) in [5, 5.41) is 8.53. The molecule has 6 nitrogen and oxygen atoms in total. The zero-order valence-corrected chi connectivity index (χ0v) is 12.7. The number of hydrogen-bond donors (Lipinski definition) is 3. The van der Waals surface area contributed by atoms with Crippen molar-refractivity contribution in [2.45, 2.75) is 19.9 Å². The van der Waals surface area contributed by atoms with E-state index in [2.05, 4.69) is 16.0 Å². The van der Waals surface area contributed by atoms with E-state index in [9.17, 15) is 9.59 Å². The first-order valence-electron chi connectivity index (χ1n) is 6.93. The molecule has 0 unspecified atom stereocenters. The highest BCUT2D eigenvalue weighted by molar-refractivity contribution is 5.94. The lowest BCUT2D eigenvalue weighted by atomic mass is 10.2. The van der Waals surface area contributed by atoms with Crippen LogP contribution in [0.5, 0.6) is 0 Å². The molecular formula is C15H23N3O3. The van der Waals surface area contributed by atoms with Crippen LogP contribution in [0.25, 0.3) is 0 Å². The van der Waals surface area contributed by atoms with Crippen LogP contribution >= 0.6 is 0 Å². The van der Waals surface area contributed by atoms with E-state index in [0.29, 0.717) is 18.7 Å². The van der Waals surface area contributed by atoms with Crippen LogP contribution in [0.4, 0.5) is 5.69 Å². The first kappa shape index (κ1) is 17.0. The Morgan fingerprint density at radius 2 is 1.86 bits per heavy atom. The van der Waals surface area contributed by atoms with Crippen molar-refractivity contribution >= 4 is 17.5 Å². The molecule has 1 aromatic carbocycles. The summed E-state index contributed by atoms with van der Waals surface area (Å²) >= 11 is 0. The Morgan fingerprint density at radius 3 is 2.43 bits per heavy atom. The predicted octanol–water partition coefficient (Wildman–Crippen LogP) is 0.999. The lowest BCUT2D eigenvalue weighted by Crippen LogP contribution is -2.32. The SMILES string of the molecule is COCCNC(=O)CNc1ccc(C(=O)NC(C)C)cc1. The van der Waals surface area contributed by atoms with Gasteiger partial charge in [0.25, 0.3) is 5.91 Å². The van der Waals surface area contributed by atoms with E-state index in [1.165, 1.54) is 0 Å². The third-order valence-corrected chi connectivity index (χ3v) is 2.65. The zero-order valence-electron chi connectivity index (χ0n) is 12.7. The van der Waals surface area contributed by atoms with E-state index >= 15 is 0 Å². The summed E-state index contributed by atoms with van der Waals surface area (Å²) in [5.41, 5.74) is 1.39. The topological polar surface area (TPSA) is 79.5 Å². The number of hydrogen-bond acceptors (Lipinski definition) is 4. The quantitative estimate of drug-likeness (QED) is 0.625. The number of carbonyl (C=O) groups excluding carboxylic acids is 2. The van der Waals surface area contributed by atoms with Crippen LogP contribution in [0.2, 0.25) is 0 Å². The third kappa shape index (κ3) is 6.76. The average molecular weight is 293 g/mol. The van der Waals surface area contributed by atoms with Gasteiger partial charge in [0.2, 0.25) is 5.91 Å². The molecule has 1 aromatic rings. The van der Waals surface area contributed by atoms with Gasteiger partial charge in [0.1, 0.15) is 0 Å². The van der Waals surface area contributed by atoms with Gasteiger partial charge in [-0.3, -0.25) is 9.59 Å². The lowest BCUT2D eigenvalue weighted by molar-refractivity contribution is -0.119.